The van der Waals surface area contributed by atoms with Crippen molar-refractivity contribution in [3.63, 3.8) is 0 Å². The van der Waals surface area contributed by atoms with Crippen LogP contribution in [-0.4, -0.2) is 29.3 Å². The first-order valence-electron chi connectivity index (χ1n) is 7.16. The summed E-state index contributed by atoms with van der Waals surface area (Å²) in [4.78, 5) is 4.44. The van der Waals surface area contributed by atoms with E-state index in [1.54, 1.807) is 6.26 Å². The van der Waals surface area contributed by atoms with E-state index >= 15 is 0 Å². The molecule has 1 fully saturated rings. The molecular formula is C15H21N3O2. The Balaban J connectivity index is 1.65. The topological polar surface area (TPSA) is 52.2 Å². The fraction of sp³-hybridized carbons (Fsp3) is 0.533. The third kappa shape index (κ3) is 2.94. The molecule has 108 valence electrons. The molecular weight excluding hydrogens is 254 g/mol. The minimum Gasteiger partial charge on any atom is -0.467 e. The Kier molecular flexibility index (Phi) is 4.18. The lowest BCUT2D eigenvalue weighted by Crippen LogP contribution is -2.27. The van der Waals surface area contributed by atoms with E-state index in [-0.39, 0.29) is 6.04 Å². The number of ether oxygens (including phenoxy) is 1. The first-order chi connectivity index (χ1) is 9.84. The maximum absolute atomic E-state index is 5.56. The van der Waals surface area contributed by atoms with E-state index in [1.807, 2.05) is 36.1 Å². The molecule has 0 aliphatic carbocycles. The number of hydrogen-bond acceptors (Lipinski definition) is 4. The minimum atomic E-state index is 0.00678. The summed E-state index contributed by atoms with van der Waals surface area (Å²) >= 11 is 0. The number of hydrogen-bond donors (Lipinski definition) is 1. The maximum atomic E-state index is 5.56. The van der Waals surface area contributed by atoms with Gasteiger partial charge in [-0.1, -0.05) is 0 Å². The van der Waals surface area contributed by atoms with Crippen molar-refractivity contribution in [3.8, 4) is 0 Å². The molecule has 1 aliphatic rings. The lowest BCUT2D eigenvalue weighted by molar-refractivity contribution is 0.184. The standard InChI is InChI=1S/C15H21N3O2/c1-18-8-7-17-15(18)14(13-3-2-9-20-13)16-6-4-12-5-10-19-11-12/h2-3,7-9,12,14,16H,4-6,10-11H2,1H3. The van der Waals surface area contributed by atoms with E-state index in [1.165, 1.54) is 6.42 Å². The summed E-state index contributed by atoms with van der Waals surface area (Å²) in [5.74, 6) is 2.56. The van der Waals surface area contributed by atoms with Gasteiger partial charge in [0.2, 0.25) is 0 Å². The van der Waals surface area contributed by atoms with Crippen molar-refractivity contribution in [1.82, 2.24) is 14.9 Å². The van der Waals surface area contributed by atoms with E-state index < -0.39 is 0 Å². The van der Waals surface area contributed by atoms with Gasteiger partial charge >= 0.3 is 0 Å². The van der Waals surface area contributed by atoms with Crippen LogP contribution in [0.1, 0.15) is 30.5 Å². The molecule has 0 amide bonds. The second kappa shape index (κ2) is 6.24. The monoisotopic (exact) mass is 275 g/mol. The van der Waals surface area contributed by atoms with Crippen molar-refractivity contribution >= 4 is 0 Å². The van der Waals surface area contributed by atoms with Gasteiger partial charge in [-0.05, 0) is 37.4 Å². The Bertz CT molecular complexity index is 515. The molecule has 0 radical (unpaired) electrons. The van der Waals surface area contributed by atoms with E-state index in [0.717, 1.165) is 37.8 Å². The smallest absolute Gasteiger partial charge is 0.133 e. The Morgan fingerprint density at radius 3 is 3.15 bits per heavy atom. The van der Waals surface area contributed by atoms with Crippen molar-refractivity contribution < 1.29 is 9.15 Å². The van der Waals surface area contributed by atoms with Crippen LogP contribution in [0.2, 0.25) is 0 Å². The molecule has 2 atom stereocenters. The third-order valence-electron chi connectivity index (χ3n) is 3.87. The van der Waals surface area contributed by atoms with Gasteiger partial charge in [0.05, 0.1) is 6.26 Å². The van der Waals surface area contributed by atoms with Gasteiger partial charge < -0.3 is 19.0 Å². The van der Waals surface area contributed by atoms with Gasteiger partial charge in [0, 0.05) is 32.7 Å². The van der Waals surface area contributed by atoms with Gasteiger partial charge in [-0.2, -0.15) is 0 Å². The predicted octanol–water partition coefficient (Wildman–Crippen LogP) is 2.12. The predicted molar refractivity (Wildman–Crippen MR) is 75.3 cm³/mol. The van der Waals surface area contributed by atoms with Crippen LogP contribution in [0.3, 0.4) is 0 Å². The molecule has 0 spiro atoms. The normalized spacial score (nSPS) is 20.4. The number of aromatic nitrogens is 2. The molecule has 2 aromatic rings. The summed E-state index contributed by atoms with van der Waals surface area (Å²) in [5, 5.41) is 3.56. The van der Waals surface area contributed by atoms with Crippen LogP contribution in [-0.2, 0) is 11.8 Å². The molecule has 2 aromatic heterocycles. The summed E-state index contributed by atoms with van der Waals surface area (Å²) in [6.07, 6.45) is 7.78. The molecule has 0 saturated carbocycles. The van der Waals surface area contributed by atoms with Crippen molar-refractivity contribution in [2.45, 2.75) is 18.9 Å². The van der Waals surface area contributed by atoms with Gasteiger partial charge in [0.1, 0.15) is 17.6 Å². The number of nitrogens with zero attached hydrogens (tertiary/aromatic N) is 2. The lowest BCUT2D eigenvalue weighted by atomic mass is 10.0. The van der Waals surface area contributed by atoms with Crippen LogP contribution in [0, 0.1) is 5.92 Å². The Morgan fingerprint density at radius 2 is 2.50 bits per heavy atom. The Morgan fingerprint density at radius 1 is 1.55 bits per heavy atom. The highest BCUT2D eigenvalue weighted by molar-refractivity contribution is 5.15. The molecule has 1 N–H and O–H groups in total. The van der Waals surface area contributed by atoms with Crippen LogP contribution in [0.25, 0.3) is 0 Å². The van der Waals surface area contributed by atoms with E-state index in [9.17, 15) is 0 Å². The van der Waals surface area contributed by atoms with Crippen molar-refractivity contribution in [2.75, 3.05) is 19.8 Å². The first kappa shape index (κ1) is 13.4. The summed E-state index contributed by atoms with van der Waals surface area (Å²) in [5.41, 5.74) is 0. The quantitative estimate of drug-likeness (QED) is 0.877. The summed E-state index contributed by atoms with van der Waals surface area (Å²) in [6.45, 7) is 2.74. The minimum absolute atomic E-state index is 0.00678. The van der Waals surface area contributed by atoms with E-state index in [4.69, 9.17) is 9.15 Å². The highest BCUT2D eigenvalue weighted by atomic mass is 16.5. The zero-order chi connectivity index (χ0) is 13.8. The lowest BCUT2D eigenvalue weighted by Gasteiger charge is -2.17. The number of imidazole rings is 1. The van der Waals surface area contributed by atoms with Crippen LogP contribution in [0.5, 0.6) is 0 Å². The van der Waals surface area contributed by atoms with Crippen LogP contribution < -0.4 is 5.32 Å². The van der Waals surface area contributed by atoms with Crippen molar-refractivity contribution in [3.05, 3.63) is 42.4 Å². The van der Waals surface area contributed by atoms with Crippen LogP contribution >= 0.6 is 0 Å². The zero-order valence-corrected chi connectivity index (χ0v) is 11.8. The molecule has 5 heteroatoms. The van der Waals surface area contributed by atoms with Gasteiger partial charge in [-0.15, -0.1) is 0 Å². The molecule has 5 nitrogen and oxygen atoms in total. The van der Waals surface area contributed by atoms with Gasteiger partial charge in [0.15, 0.2) is 0 Å². The fourth-order valence-corrected chi connectivity index (χ4v) is 2.67. The zero-order valence-electron chi connectivity index (χ0n) is 11.8. The summed E-state index contributed by atoms with van der Waals surface area (Å²) < 4.78 is 13.0. The first-order valence-corrected chi connectivity index (χ1v) is 7.16. The molecule has 1 saturated heterocycles. The molecule has 0 bridgehead atoms. The third-order valence-corrected chi connectivity index (χ3v) is 3.87. The number of aryl methyl sites for hydroxylation is 1. The largest absolute Gasteiger partial charge is 0.467 e. The van der Waals surface area contributed by atoms with Crippen molar-refractivity contribution in [1.29, 1.82) is 0 Å². The SMILES string of the molecule is Cn1ccnc1C(NCCC1CCOC1)c1ccco1. The fourth-order valence-electron chi connectivity index (χ4n) is 2.67. The van der Waals surface area contributed by atoms with Crippen LogP contribution in [0.4, 0.5) is 0 Å². The Hall–Kier alpha value is -1.59. The summed E-state index contributed by atoms with van der Waals surface area (Å²) in [7, 11) is 2.00. The van der Waals surface area contributed by atoms with Gasteiger partial charge in [0.25, 0.3) is 0 Å². The van der Waals surface area contributed by atoms with E-state index in [0.29, 0.717) is 5.92 Å². The second-order valence-corrected chi connectivity index (χ2v) is 5.32. The van der Waals surface area contributed by atoms with E-state index in [2.05, 4.69) is 10.3 Å². The second-order valence-electron chi connectivity index (χ2n) is 5.32. The molecule has 1 aliphatic heterocycles. The molecule has 3 heterocycles. The Labute approximate surface area is 118 Å². The highest BCUT2D eigenvalue weighted by Gasteiger charge is 2.21. The highest BCUT2D eigenvalue weighted by Crippen LogP contribution is 2.22. The summed E-state index contributed by atoms with van der Waals surface area (Å²) in [6, 6.07) is 3.91. The average molecular weight is 275 g/mol. The van der Waals surface area contributed by atoms with Crippen molar-refractivity contribution in [2.24, 2.45) is 13.0 Å². The molecule has 0 aromatic carbocycles. The average Bonchev–Trinajstić information content (AvgIpc) is 3.18. The molecule has 2 unspecified atom stereocenters. The number of nitrogens with one attached hydrogen (secondary N) is 1. The van der Waals surface area contributed by atoms with Gasteiger partial charge in [-0.3, -0.25) is 0 Å². The maximum Gasteiger partial charge on any atom is 0.133 e. The number of rotatable bonds is 6. The van der Waals surface area contributed by atoms with Gasteiger partial charge in [-0.25, -0.2) is 4.98 Å². The van der Waals surface area contributed by atoms with Crippen LogP contribution in [0.15, 0.2) is 35.2 Å². The molecule has 3 rings (SSSR count). The molecule has 20 heavy (non-hydrogen) atoms. The number of furan rings is 1.